The maximum absolute atomic E-state index is 12.3. The van der Waals surface area contributed by atoms with Gasteiger partial charge in [0.05, 0.1) is 22.2 Å². The molecule has 148 valence electrons. The van der Waals surface area contributed by atoms with E-state index in [1.54, 1.807) is 0 Å². The third-order valence-corrected chi connectivity index (χ3v) is 5.41. The minimum Gasteiger partial charge on any atom is -0.369 e. The van der Waals surface area contributed by atoms with Gasteiger partial charge in [-0.15, -0.1) is 0 Å². The number of carbonyl (C=O) groups excluding carboxylic acids is 1. The van der Waals surface area contributed by atoms with Crippen LogP contribution in [0.3, 0.4) is 0 Å². The molecule has 8 heteroatoms. The van der Waals surface area contributed by atoms with Crippen molar-refractivity contribution in [3.63, 3.8) is 0 Å². The lowest BCUT2D eigenvalue weighted by molar-refractivity contribution is -0.384. The van der Waals surface area contributed by atoms with Gasteiger partial charge in [-0.3, -0.25) is 19.8 Å². The van der Waals surface area contributed by atoms with E-state index in [2.05, 4.69) is 47.2 Å². The number of hydrogen-bond donors (Lipinski definition) is 1. The second-order valence-electron chi connectivity index (χ2n) is 6.95. The van der Waals surface area contributed by atoms with Crippen LogP contribution in [0, 0.1) is 24.0 Å². The lowest BCUT2D eigenvalue weighted by Gasteiger charge is -2.36. The average Bonchev–Trinajstić information content (AvgIpc) is 2.66. The molecule has 0 saturated carbocycles. The maximum Gasteiger partial charge on any atom is 0.271 e. The van der Waals surface area contributed by atoms with Crippen LogP contribution in [0.2, 0.25) is 5.02 Å². The highest BCUT2D eigenvalue weighted by atomic mass is 35.5. The summed E-state index contributed by atoms with van der Waals surface area (Å²) in [5.41, 5.74) is 4.10. The number of piperazine rings is 1. The van der Waals surface area contributed by atoms with Crippen molar-refractivity contribution in [2.24, 2.45) is 0 Å². The Labute approximate surface area is 169 Å². The molecule has 0 aromatic heterocycles. The number of hydrogen-bond acceptors (Lipinski definition) is 5. The van der Waals surface area contributed by atoms with Crippen LogP contribution in [0.25, 0.3) is 0 Å². The van der Waals surface area contributed by atoms with Crippen LogP contribution in [0.15, 0.2) is 36.4 Å². The van der Waals surface area contributed by atoms with Crippen molar-refractivity contribution in [2.75, 3.05) is 42.9 Å². The number of nitrogens with zero attached hydrogens (tertiary/aromatic N) is 3. The largest absolute Gasteiger partial charge is 0.369 e. The smallest absolute Gasteiger partial charge is 0.271 e. The normalized spacial score (nSPS) is 14.8. The second-order valence-corrected chi connectivity index (χ2v) is 7.36. The number of rotatable bonds is 5. The molecule has 0 aliphatic carbocycles. The fraction of sp³-hybridized carbons (Fsp3) is 0.350. The first-order valence-corrected chi connectivity index (χ1v) is 9.50. The molecule has 28 heavy (non-hydrogen) atoms. The van der Waals surface area contributed by atoms with Crippen LogP contribution in [0.4, 0.5) is 17.1 Å². The van der Waals surface area contributed by atoms with Crippen molar-refractivity contribution in [1.82, 2.24) is 4.90 Å². The highest BCUT2D eigenvalue weighted by Crippen LogP contribution is 2.27. The zero-order valence-electron chi connectivity index (χ0n) is 15.9. The third-order valence-electron chi connectivity index (χ3n) is 5.09. The van der Waals surface area contributed by atoms with E-state index in [-0.39, 0.29) is 23.2 Å². The first-order chi connectivity index (χ1) is 13.3. The van der Waals surface area contributed by atoms with E-state index in [0.29, 0.717) is 5.69 Å². The molecule has 1 aliphatic rings. The molecular formula is C20H23ClN4O3. The number of halogens is 1. The lowest BCUT2D eigenvalue weighted by Crippen LogP contribution is -2.48. The molecule has 3 rings (SSSR count). The Kier molecular flexibility index (Phi) is 6.16. The van der Waals surface area contributed by atoms with Gasteiger partial charge in [0.25, 0.3) is 5.69 Å². The first-order valence-electron chi connectivity index (χ1n) is 9.12. The Bertz CT molecular complexity index is 895. The Hall–Kier alpha value is -2.64. The van der Waals surface area contributed by atoms with Gasteiger partial charge in [0.2, 0.25) is 5.91 Å². The van der Waals surface area contributed by atoms with Crippen LogP contribution in [0.5, 0.6) is 0 Å². The number of nitro benzene ring substituents is 1. The summed E-state index contributed by atoms with van der Waals surface area (Å²) in [4.78, 5) is 27.0. The van der Waals surface area contributed by atoms with E-state index >= 15 is 0 Å². The number of nitrogens with one attached hydrogen (secondary N) is 1. The standard InChI is InChI=1S/C20H23ClN4O3/c1-14-4-3-5-19(15(14)2)24-10-8-23(9-11-24)13-20(26)22-18-7-6-16(25(27)28)12-17(18)21/h3-7,12H,8-11,13H2,1-2H3,(H,22,26). The molecule has 0 atom stereocenters. The molecule has 1 amide bonds. The Morgan fingerprint density at radius 1 is 1.18 bits per heavy atom. The molecule has 1 heterocycles. The van der Waals surface area contributed by atoms with Gasteiger partial charge >= 0.3 is 0 Å². The van der Waals surface area contributed by atoms with Gasteiger partial charge < -0.3 is 10.2 Å². The summed E-state index contributed by atoms with van der Waals surface area (Å²) < 4.78 is 0. The monoisotopic (exact) mass is 402 g/mol. The van der Waals surface area contributed by atoms with Crippen LogP contribution < -0.4 is 10.2 Å². The van der Waals surface area contributed by atoms with Crippen molar-refractivity contribution in [3.05, 3.63) is 62.7 Å². The van der Waals surface area contributed by atoms with Crippen LogP contribution in [0.1, 0.15) is 11.1 Å². The zero-order valence-corrected chi connectivity index (χ0v) is 16.7. The van der Waals surface area contributed by atoms with Crippen molar-refractivity contribution >= 4 is 34.6 Å². The molecule has 1 fully saturated rings. The van der Waals surface area contributed by atoms with Crippen LogP contribution in [-0.2, 0) is 4.79 Å². The number of non-ortho nitro benzene ring substituents is 1. The van der Waals surface area contributed by atoms with Gasteiger partial charge in [-0.05, 0) is 37.1 Å². The van der Waals surface area contributed by atoms with Gasteiger partial charge in [0, 0.05) is 44.0 Å². The predicted molar refractivity (Wildman–Crippen MR) is 111 cm³/mol. The number of anilines is 2. The summed E-state index contributed by atoms with van der Waals surface area (Å²) in [6, 6.07) is 10.3. The van der Waals surface area contributed by atoms with Crippen molar-refractivity contribution in [2.45, 2.75) is 13.8 Å². The summed E-state index contributed by atoms with van der Waals surface area (Å²) in [7, 11) is 0. The minimum atomic E-state index is -0.521. The van der Waals surface area contributed by atoms with Gasteiger partial charge in [0.15, 0.2) is 0 Å². The molecule has 0 bridgehead atoms. The SMILES string of the molecule is Cc1cccc(N2CCN(CC(=O)Nc3ccc([N+](=O)[O-])cc3Cl)CC2)c1C. The fourth-order valence-corrected chi connectivity index (χ4v) is 3.56. The highest BCUT2D eigenvalue weighted by Gasteiger charge is 2.21. The molecular weight excluding hydrogens is 380 g/mol. The highest BCUT2D eigenvalue weighted by molar-refractivity contribution is 6.34. The molecule has 1 N–H and O–H groups in total. The molecule has 1 saturated heterocycles. The Morgan fingerprint density at radius 2 is 1.89 bits per heavy atom. The number of aryl methyl sites for hydroxylation is 1. The topological polar surface area (TPSA) is 78.7 Å². The Morgan fingerprint density at radius 3 is 2.54 bits per heavy atom. The molecule has 1 aliphatic heterocycles. The summed E-state index contributed by atoms with van der Waals surface area (Å²) in [6.07, 6.45) is 0. The van der Waals surface area contributed by atoms with Crippen molar-refractivity contribution in [1.29, 1.82) is 0 Å². The molecule has 2 aromatic carbocycles. The Balaban J connectivity index is 1.54. The summed E-state index contributed by atoms with van der Waals surface area (Å²) in [5, 5.41) is 13.7. The third kappa shape index (κ3) is 4.61. The fourth-order valence-electron chi connectivity index (χ4n) is 3.34. The number of nitro groups is 1. The lowest BCUT2D eigenvalue weighted by atomic mass is 10.1. The van der Waals surface area contributed by atoms with E-state index < -0.39 is 4.92 Å². The van der Waals surface area contributed by atoms with E-state index in [9.17, 15) is 14.9 Å². The van der Waals surface area contributed by atoms with Crippen LogP contribution in [-0.4, -0.2) is 48.5 Å². The second kappa shape index (κ2) is 8.58. The van der Waals surface area contributed by atoms with E-state index in [1.165, 1.54) is 35.0 Å². The van der Waals surface area contributed by atoms with Crippen molar-refractivity contribution in [3.8, 4) is 0 Å². The molecule has 2 aromatic rings. The van der Waals surface area contributed by atoms with Gasteiger partial charge in [-0.25, -0.2) is 0 Å². The number of amides is 1. The molecule has 0 spiro atoms. The van der Waals surface area contributed by atoms with Gasteiger partial charge in [-0.2, -0.15) is 0 Å². The van der Waals surface area contributed by atoms with Crippen molar-refractivity contribution < 1.29 is 9.72 Å². The summed E-state index contributed by atoms with van der Waals surface area (Å²) >= 11 is 6.04. The summed E-state index contributed by atoms with van der Waals surface area (Å²) in [6.45, 7) is 7.80. The van der Waals surface area contributed by atoms with E-state index in [4.69, 9.17) is 11.6 Å². The van der Waals surface area contributed by atoms with Gasteiger partial charge in [0.1, 0.15) is 0 Å². The maximum atomic E-state index is 12.3. The van der Waals surface area contributed by atoms with Gasteiger partial charge in [-0.1, -0.05) is 23.7 Å². The quantitative estimate of drug-likeness (QED) is 0.610. The minimum absolute atomic E-state index is 0.106. The zero-order chi connectivity index (χ0) is 20.3. The summed E-state index contributed by atoms with van der Waals surface area (Å²) in [5.74, 6) is -0.184. The average molecular weight is 403 g/mol. The van der Waals surface area contributed by atoms with E-state index in [1.807, 2.05) is 0 Å². The van der Waals surface area contributed by atoms with E-state index in [0.717, 1.165) is 26.2 Å². The molecule has 7 nitrogen and oxygen atoms in total. The van der Waals surface area contributed by atoms with Crippen LogP contribution >= 0.6 is 11.6 Å². The number of carbonyl (C=O) groups is 1. The predicted octanol–water partition coefficient (Wildman–Crippen LogP) is 3.63. The molecule has 0 unspecified atom stereocenters. The number of benzene rings is 2. The first kappa shape index (κ1) is 20.1. The molecule has 0 radical (unpaired) electrons.